The van der Waals surface area contributed by atoms with E-state index in [0.717, 1.165) is 30.2 Å². The van der Waals surface area contributed by atoms with Gasteiger partial charge in [-0.1, -0.05) is 29.8 Å². The van der Waals surface area contributed by atoms with E-state index in [-0.39, 0.29) is 0 Å². The van der Waals surface area contributed by atoms with Gasteiger partial charge in [-0.3, -0.25) is 0 Å². The van der Waals surface area contributed by atoms with Crippen molar-refractivity contribution in [3.63, 3.8) is 0 Å². The van der Waals surface area contributed by atoms with Crippen LogP contribution in [0.1, 0.15) is 5.56 Å². The molecule has 3 aromatic rings. The first-order valence-electron chi connectivity index (χ1n) is 7.95. The summed E-state index contributed by atoms with van der Waals surface area (Å²) >= 11 is 5.99. The molecule has 0 atom stereocenters. The zero-order valence-corrected chi connectivity index (χ0v) is 14.6. The highest BCUT2D eigenvalue weighted by Crippen LogP contribution is 2.18. The number of nitrogens with one attached hydrogen (secondary N) is 2. The number of halogens is 1. The Morgan fingerprint density at radius 2 is 1.96 bits per heavy atom. The number of hydrogen-bond acceptors (Lipinski definition) is 5. The maximum absolute atomic E-state index is 5.99. The SMILES string of the molecule is COc1cccc(CCNc2ccnc(Nc3cccc(Cl)c3)n2)c1. The second kappa shape index (κ2) is 8.35. The van der Waals surface area contributed by atoms with Crippen LogP contribution in [-0.2, 0) is 6.42 Å². The molecular weight excluding hydrogens is 336 g/mol. The van der Waals surface area contributed by atoms with Crippen molar-refractivity contribution in [3.05, 3.63) is 71.4 Å². The Hall–Kier alpha value is -2.79. The first-order chi connectivity index (χ1) is 12.2. The van der Waals surface area contributed by atoms with E-state index in [2.05, 4.69) is 26.7 Å². The molecule has 2 aromatic carbocycles. The molecule has 3 rings (SSSR count). The molecule has 6 heteroatoms. The summed E-state index contributed by atoms with van der Waals surface area (Å²) in [6.07, 6.45) is 2.59. The van der Waals surface area contributed by atoms with E-state index >= 15 is 0 Å². The molecule has 128 valence electrons. The lowest BCUT2D eigenvalue weighted by atomic mass is 10.1. The Balaban J connectivity index is 1.58. The van der Waals surface area contributed by atoms with Gasteiger partial charge in [0.2, 0.25) is 5.95 Å². The average molecular weight is 355 g/mol. The van der Waals surface area contributed by atoms with Crippen LogP contribution in [0.4, 0.5) is 17.5 Å². The third-order valence-electron chi connectivity index (χ3n) is 3.59. The van der Waals surface area contributed by atoms with Gasteiger partial charge in [-0.25, -0.2) is 4.98 Å². The van der Waals surface area contributed by atoms with Gasteiger partial charge in [-0.05, 0) is 48.4 Å². The quantitative estimate of drug-likeness (QED) is 0.652. The zero-order valence-electron chi connectivity index (χ0n) is 13.9. The minimum absolute atomic E-state index is 0.522. The number of aromatic nitrogens is 2. The Morgan fingerprint density at radius 3 is 2.80 bits per heavy atom. The molecule has 0 saturated heterocycles. The Kier molecular flexibility index (Phi) is 5.69. The number of ether oxygens (including phenoxy) is 1. The number of nitrogens with zero attached hydrogens (tertiary/aromatic N) is 2. The number of hydrogen-bond donors (Lipinski definition) is 2. The fourth-order valence-corrected chi connectivity index (χ4v) is 2.57. The lowest BCUT2D eigenvalue weighted by Gasteiger charge is -2.09. The highest BCUT2D eigenvalue weighted by Gasteiger charge is 2.01. The fourth-order valence-electron chi connectivity index (χ4n) is 2.38. The third-order valence-corrected chi connectivity index (χ3v) is 3.83. The average Bonchev–Trinajstić information content (AvgIpc) is 2.62. The van der Waals surface area contributed by atoms with Crippen molar-refractivity contribution in [2.75, 3.05) is 24.3 Å². The normalized spacial score (nSPS) is 10.3. The third kappa shape index (κ3) is 5.09. The Labute approximate surface area is 152 Å². The van der Waals surface area contributed by atoms with E-state index in [9.17, 15) is 0 Å². The molecule has 0 bridgehead atoms. The lowest BCUT2D eigenvalue weighted by molar-refractivity contribution is 0.414. The highest BCUT2D eigenvalue weighted by molar-refractivity contribution is 6.30. The monoisotopic (exact) mass is 354 g/mol. The number of rotatable bonds is 7. The van der Waals surface area contributed by atoms with Crippen molar-refractivity contribution in [2.45, 2.75) is 6.42 Å². The largest absolute Gasteiger partial charge is 0.497 e. The summed E-state index contributed by atoms with van der Waals surface area (Å²) < 4.78 is 5.24. The molecular formula is C19H19ClN4O. The van der Waals surface area contributed by atoms with Gasteiger partial charge in [0.05, 0.1) is 7.11 Å². The second-order valence-electron chi connectivity index (χ2n) is 5.43. The molecule has 0 radical (unpaired) electrons. The van der Waals surface area contributed by atoms with Crippen LogP contribution in [0, 0.1) is 0 Å². The van der Waals surface area contributed by atoms with E-state index < -0.39 is 0 Å². The van der Waals surface area contributed by atoms with E-state index in [1.807, 2.05) is 48.5 Å². The van der Waals surface area contributed by atoms with E-state index in [1.54, 1.807) is 13.3 Å². The van der Waals surface area contributed by atoms with Gasteiger partial charge < -0.3 is 15.4 Å². The van der Waals surface area contributed by atoms with E-state index in [4.69, 9.17) is 16.3 Å². The molecule has 0 amide bonds. The highest BCUT2D eigenvalue weighted by atomic mass is 35.5. The van der Waals surface area contributed by atoms with Gasteiger partial charge in [0, 0.05) is 23.5 Å². The minimum atomic E-state index is 0.522. The predicted molar refractivity (Wildman–Crippen MR) is 102 cm³/mol. The summed E-state index contributed by atoms with van der Waals surface area (Å²) in [6.45, 7) is 0.765. The molecule has 1 heterocycles. The Bertz CT molecular complexity index is 841. The number of methoxy groups -OCH3 is 1. The van der Waals surface area contributed by atoms with Crippen LogP contribution in [0.25, 0.3) is 0 Å². The van der Waals surface area contributed by atoms with Crippen molar-refractivity contribution in [2.24, 2.45) is 0 Å². The molecule has 0 fully saturated rings. The van der Waals surface area contributed by atoms with Gasteiger partial charge in [0.25, 0.3) is 0 Å². The van der Waals surface area contributed by atoms with Crippen LogP contribution in [0.2, 0.25) is 5.02 Å². The van der Waals surface area contributed by atoms with Crippen LogP contribution in [0.5, 0.6) is 5.75 Å². The standard InChI is InChI=1S/C19H19ClN4O/c1-25-17-7-2-4-14(12-17)8-10-21-18-9-11-22-19(24-18)23-16-6-3-5-15(20)13-16/h2-7,9,11-13H,8,10H2,1H3,(H2,21,22,23,24). The molecule has 0 aliphatic heterocycles. The summed E-state index contributed by atoms with van der Waals surface area (Å²) in [4.78, 5) is 8.69. The number of anilines is 3. The van der Waals surface area contributed by atoms with E-state index in [1.165, 1.54) is 5.56 Å². The maximum atomic E-state index is 5.99. The summed E-state index contributed by atoms with van der Waals surface area (Å²) in [6, 6.07) is 17.3. The van der Waals surface area contributed by atoms with Crippen molar-refractivity contribution in [1.82, 2.24) is 9.97 Å². The van der Waals surface area contributed by atoms with Crippen molar-refractivity contribution >= 4 is 29.1 Å². The molecule has 0 aliphatic carbocycles. The van der Waals surface area contributed by atoms with Crippen LogP contribution in [0.15, 0.2) is 60.8 Å². The van der Waals surface area contributed by atoms with Gasteiger partial charge in [0.1, 0.15) is 11.6 Å². The second-order valence-corrected chi connectivity index (χ2v) is 5.87. The smallest absolute Gasteiger partial charge is 0.229 e. The molecule has 0 spiro atoms. The number of benzene rings is 2. The van der Waals surface area contributed by atoms with Gasteiger partial charge in [0.15, 0.2) is 0 Å². The van der Waals surface area contributed by atoms with Gasteiger partial charge >= 0.3 is 0 Å². The lowest BCUT2D eigenvalue weighted by Crippen LogP contribution is -2.07. The zero-order chi connectivity index (χ0) is 17.5. The fraction of sp³-hybridized carbons (Fsp3) is 0.158. The van der Waals surface area contributed by atoms with Crippen molar-refractivity contribution in [3.8, 4) is 5.75 Å². The van der Waals surface area contributed by atoms with E-state index in [0.29, 0.717) is 11.0 Å². The predicted octanol–water partition coefficient (Wildman–Crippen LogP) is 4.54. The molecule has 0 aliphatic rings. The molecule has 25 heavy (non-hydrogen) atoms. The summed E-state index contributed by atoms with van der Waals surface area (Å²) in [5, 5.41) is 7.12. The maximum Gasteiger partial charge on any atom is 0.229 e. The molecule has 2 N–H and O–H groups in total. The first kappa shape index (κ1) is 17.0. The summed E-state index contributed by atoms with van der Waals surface area (Å²) in [5.41, 5.74) is 2.05. The minimum Gasteiger partial charge on any atom is -0.497 e. The topological polar surface area (TPSA) is 59.1 Å². The van der Waals surface area contributed by atoms with Gasteiger partial charge in [-0.2, -0.15) is 4.98 Å². The Morgan fingerprint density at radius 1 is 1.08 bits per heavy atom. The molecule has 5 nitrogen and oxygen atoms in total. The molecule has 1 aromatic heterocycles. The first-order valence-corrected chi connectivity index (χ1v) is 8.33. The van der Waals surface area contributed by atoms with Crippen LogP contribution < -0.4 is 15.4 Å². The molecule has 0 unspecified atom stereocenters. The van der Waals surface area contributed by atoms with Crippen molar-refractivity contribution in [1.29, 1.82) is 0 Å². The molecule has 0 saturated carbocycles. The van der Waals surface area contributed by atoms with Crippen molar-refractivity contribution < 1.29 is 4.74 Å². The van der Waals surface area contributed by atoms with Crippen LogP contribution in [-0.4, -0.2) is 23.6 Å². The summed E-state index contributed by atoms with van der Waals surface area (Å²) in [7, 11) is 1.67. The van der Waals surface area contributed by atoms with Gasteiger partial charge in [-0.15, -0.1) is 0 Å². The summed E-state index contributed by atoms with van der Waals surface area (Å²) in [5.74, 6) is 2.16. The van der Waals surface area contributed by atoms with Crippen LogP contribution in [0.3, 0.4) is 0 Å². The van der Waals surface area contributed by atoms with Crippen LogP contribution >= 0.6 is 11.6 Å².